The first-order valence-corrected chi connectivity index (χ1v) is 13.6. The van der Waals surface area contributed by atoms with Gasteiger partial charge in [0.15, 0.2) is 23.1 Å². The average Bonchev–Trinajstić information content (AvgIpc) is 3.03. The van der Waals surface area contributed by atoms with Crippen LogP contribution in [-0.4, -0.2) is 16.7 Å². The molecule has 5 rings (SSSR count). The van der Waals surface area contributed by atoms with E-state index >= 15 is 0 Å². The topological polar surface area (TPSA) is 82.1 Å². The molecule has 0 saturated carbocycles. The number of ketones is 2. The van der Waals surface area contributed by atoms with Crippen LogP contribution in [0.15, 0.2) is 127 Å². The summed E-state index contributed by atoms with van der Waals surface area (Å²) in [5, 5.41) is 10.1. The van der Waals surface area contributed by atoms with E-state index in [1.165, 1.54) is 12.1 Å². The van der Waals surface area contributed by atoms with Crippen molar-refractivity contribution in [1.29, 1.82) is 0 Å². The molecule has 0 fully saturated rings. The molecule has 0 spiro atoms. The van der Waals surface area contributed by atoms with Crippen molar-refractivity contribution >= 4 is 11.6 Å². The summed E-state index contributed by atoms with van der Waals surface area (Å²) in [7, 11) is 0. The van der Waals surface area contributed by atoms with Crippen LogP contribution in [0.5, 0.6) is 23.0 Å². The number of rotatable bonds is 13. The second kappa shape index (κ2) is 13.8. The Balaban J connectivity index is 1.49. The first-order chi connectivity index (χ1) is 20.6. The van der Waals surface area contributed by atoms with Gasteiger partial charge in [0.05, 0.1) is 12.0 Å². The summed E-state index contributed by atoms with van der Waals surface area (Å²) in [4.78, 5) is 26.3. The van der Waals surface area contributed by atoms with Crippen LogP contribution in [0.3, 0.4) is 0 Å². The molecule has 5 aromatic carbocycles. The maximum Gasteiger partial charge on any atom is 0.203 e. The summed E-state index contributed by atoms with van der Waals surface area (Å²) in [6, 6.07) is 38.3. The van der Waals surface area contributed by atoms with E-state index in [-0.39, 0.29) is 36.7 Å². The van der Waals surface area contributed by atoms with Crippen LogP contribution in [0.4, 0.5) is 0 Å². The Hall–Kier alpha value is -5.36. The van der Waals surface area contributed by atoms with Crippen molar-refractivity contribution in [1.82, 2.24) is 0 Å². The first kappa shape index (κ1) is 28.2. The van der Waals surface area contributed by atoms with Crippen molar-refractivity contribution < 1.29 is 28.9 Å². The Kier molecular flexibility index (Phi) is 9.27. The Bertz CT molecular complexity index is 1570. The van der Waals surface area contributed by atoms with Crippen molar-refractivity contribution in [2.75, 3.05) is 0 Å². The third-order valence-corrected chi connectivity index (χ3v) is 6.57. The van der Waals surface area contributed by atoms with Gasteiger partial charge in [-0.25, -0.2) is 0 Å². The molecule has 0 amide bonds. The number of benzene rings is 5. The van der Waals surface area contributed by atoms with E-state index in [0.29, 0.717) is 17.2 Å². The number of ether oxygens (including phenoxy) is 3. The van der Waals surface area contributed by atoms with Crippen molar-refractivity contribution in [3.63, 3.8) is 0 Å². The molecule has 5 aromatic rings. The van der Waals surface area contributed by atoms with Gasteiger partial charge in [0, 0.05) is 5.56 Å². The van der Waals surface area contributed by atoms with Gasteiger partial charge >= 0.3 is 0 Å². The van der Waals surface area contributed by atoms with Crippen molar-refractivity contribution in [3.05, 3.63) is 155 Å². The fourth-order valence-electron chi connectivity index (χ4n) is 4.35. The van der Waals surface area contributed by atoms with E-state index in [4.69, 9.17) is 14.2 Å². The number of phenolic OH excluding ortho intramolecular Hbond substituents is 1. The summed E-state index contributed by atoms with van der Waals surface area (Å²) in [6.45, 7) is 0.716. The zero-order chi connectivity index (χ0) is 29.1. The average molecular weight is 559 g/mol. The van der Waals surface area contributed by atoms with Gasteiger partial charge in [-0.1, -0.05) is 103 Å². The van der Waals surface area contributed by atoms with Crippen LogP contribution in [-0.2, 0) is 19.8 Å². The lowest BCUT2D eigenvalue weighted by Crippen LogP contribution is -2.11. The van der Waals surface area contributed by atoms with Gasteiger partial charge in [0.2, 0.25) is 5.75 Å². The lowest BCUT2D eigenvalue weighted by molar-refractivity contribution is 0.0892. The molecule has 0 unspecified atom stereocenters. The number of aromatic hydroxyl groups is 1. The Morgan fingerprint density at radius 2 is 0.952 bits per heavy atom. The SMILES string of the molecule is O=C(CC(=O)c1ccccc1O)c1cc(OCc2ccccc2)c(OCc2ccccc2)c(OCc2ccccc2)c1. The molecule has 0 saturated heterocycles. The highest BCUT2D eigenvalue weighted by atomic mass is 16.5. The normalized spacial score (nSPS) is 10.6. The molecule has 0 aromatic heterocycles. The van der Waals surface area contributed by atoms with E-state index in [2.05, 4.69) is 0 Å². The van der Waals surface area contributed by atoms with Gasteiger partial charge in [-0.2, -0.15) is 0 Å². The summed E-state index contributed by atoms with van der Waals surface area (Å²) < 4.78 is 18.7. The molecule has 0 heterocycles. The highest BCUT2D eigenvalue weighted by molar-refractivity contribution is 6.14. The third kappa shape index (κ3) is 7.43. The van der Waals surface area contributed by atoms with E-state index in [0.717, 1.165) is 16.7 Å². The zero-order valence-corrected chi connectivity index (χ0v) is 22.9. The molecule has 1 N–H and O–H groups in total. The lowest BCUT2D eigenvalue weighted by atomic mass is 10.00. The second-order valence-corrected chi connectivity index (χ2v) is 9.66. The molecular formula is C36H30O6. The lowest BCUT2D eigenvalue weighted by Gasteiger charge is -2.19. The maximum atomic E-state index is 13.4. The third-order valence-electron chi connectivity index (χ3n) is 6.57. The predicted molar refractivity (Wildman–Crippen MR) is 160 cm³/mol. The molecule has 0 radical (unpaired) electrons. The number of para-hydroxylation sites is 1. The summed E-state index contributed by atoms with van der Waals surface area (Å²) in [6.07, 6.45) is -0.432. The predicted octanol–water partition coefficient (Wildman–Crippen LogP) is 7.58. The summed E-state index contributed by atoms with van der Waals surface area (Å²) >= 11 is 0. The fraction of sp³-hybridized carbons (Fsp3) is 0.111. The standard InChI is InChI=1S/C36H30O6/c37-31-19-11-10-18-30(31)33(39)22-32(38)29-20-34(40-23-26-12-4-1-5-13-26)36(42-25-28-16-8-3-9-17-28)35(21-29)41-24-27-14-6-2-7-15-27/h1-21,37H,22-25H2. The maximum absolute atomic E-state index is 13.4. The number of Topliss-reactive ketones (excluding diaryl/α,β-unsaturated/α-hetero) is 2. The van der Waals surface area contributed by atoms with Gasteiger partial charge in [-0.3, -0.25) is 9.59 Å². The molecule has 0 bridgehead atoms. The first-order valence-electron chi connectivity index (χ1n) is 13.6. The van der Waals surface area contributed by atoms with Crippen LogP contribution < -0.4 is 14.2 Å². The minimum atomic E-state index is -0.485. The van der Waals surface area contributed by atoms with Gasteiger partial charge in [0.1, 0.15) is 25.6 Å². The Morgan fingerprint density at radius 1 is 0.524 bits per heavy atom. The number of carbonyl (C=O) groups is 2. The largest absolute Gasteiger partial charge is 0.507 e. The highest BCUT2D eigenvalue weighted by Gasteiger charge is 2.22. The molecule has 0 aliphatic rings. The molecule has 6 heteroatoms. The van der Waals surface area contributed by atoms with Crippen molar-refractivity contribution in [2.45, 2.75) is 26.2 Å². The Labute approximate surface area is 244 Å². The molecule has 6 nitrogen and oxygen atoms in total. The smallest absolute Gasteiger partial charge is 0.203 e. The van der Waals surface area contributed by atoms with Crippen LogP contribution in [0.1, 0.15) is 43.8 Å². The van der Waals surface area contributed by atoms with Gasteiger partial charge in [-0.05, 0) is 41.0 Å². The molecule has 42 heavy (non-hydrogen) atoms. The van der Waals surface area contributed by atoms with Crippen LogP contribution in [0, 0.1) is 0 Å². The quantitative estimate of drug-likeness (QED) is 0.118. The van der Waals surface area contributed by atoms with E-state index in [1.54, 1.807) is 24.3 Å². The highest BCUT2D eigenvalue weighted by Crippen LogP contribution is 2.41. The molecule has 0 aliphatic heterocycles. The van der Waals surface area contributed by atoms with Crippen LogP contribution >= 0.6 is 0 Å². The molecular weight excluding hydrogens is 528 g/mol. The monoisotopic (exact) mass is 558 g/mol. The number of phenols is 1. The Morgan fingerprint density at radius 3 is 1.43 bits per heavy atom. The second-order valence-electron chi connectivity index (χ2n) is 9.66. The summed E-state index contributed by atoms with van der Waals surface area (Å²) in [5.41, 5.74) is 3.15. The number of hydrogen-bond donors (Lipinski definition) is 1. The molecule has 0 atom stereocenters. The van der Waals surface area contributed by atoms with E-state index in [9.17, 15) is 14.7 Å². The number of carbonyl (C=O) groups excluding carboxylic acids is 2. The fourth-order valence-corrected chi connectivity index (χ4v) is 4.35. The molecule has 210 valence electrons. The molecule has 0 aliphatic carbocycles. The van der Waals surface area contributed by atoms with Crippen LogP contribution in [0.2, 0.25) is 0 Å². The van der Waals surface area contributed by atoms with Gasteiger partial charge < -0.3 is 19.3 Å². The minimum absolute atomic E-state index is 0.0924. The minimum Gasteiger partial charge on any atom is -0.507 e. The summed E-state index contributed by atoms with van der Waals surface area (Å²) in [5.74, 6) is -0.0987. The van der Waals surface area contributed by atoms with E-state index < -0.39 is 18.0 Å². The van der Waals surface area contributed by atoms with Crippen molar-refractivity contribution in [2.24, 2.45) is 0 Å². The van der Waals surface area contributed by atoms with Gasteiger partial charge in [0.25, 0.3) is 0 Å². The zero-order valence-electron chi connectivity index (χ0n) is 22.9. The van der Waals surface area contributed by atoms with E-state index in [1.807, 2.05) is 91.0 Å². The van der Waals surface area contributed by atoms with Crippen LogP contribution in [0.25, 0.3) is 0 Å². The number of hydrogen-bond acceptors (Lipinski definition) is 6. The van der Waals surface area contributed by atoms with Gasteiger partial charge in [-0.15, -0.1) is 0 Å². The van der Waals surface area contributed by atoms with Crippen molar-refractivity contribution in [3.8, 4) is 23.0 Å².